The highest BCUT2D eigenvalue weighted by Crippen LogP contribution is 2.15. The Morgan fingerprint density at radius 1 is 1.36 bits per heavy atom. The molecule has 0 aliphatic carbocycles. The average molecular weight is 201 g/mol. The lowest BCUT2D eigenvalue weighted by Gasteiger charge is -2.30. The van der Waals surface area contributed by atoms with Gasteiger partial charge in [-0.1, -0.05) is 27.2 Å². The van der Waals surface area contributed by atoms with Crippen LogP contribution in [-0.2, 0) is 4.79 Å². The third kappa shape index (κ3) is 3.66. The molecule has 0 aromatic rings. The third-order valence-corrected chi connectivity index (χ3v) is 2.73. The fraction of sp³-hybridized carbons (Fsp3) is 0.909. The molecule has 3 nitrogen and oxygen atoms in total. The summed E-state index contributed by atoms with van der Waals surface area (Å²) < 4.78 is 0. The van der Waals surface area contributed by atoms with E-state index in [9.17, 15) is 4.79 Å². The molecular formula is C11H23NO2. The highest BCUT2D eigenvalue weighted by Gasteiger charge is 2.33. The summed E-state index contributed by atoms with van der Waals surface area (Å²) in [5, 5.41) is 12.4. The number of hydrogen-bond donors (Lipinski definition) is 2. The smallest absolute Gasteiger partial charge is 0.323 e. The number of carboxylic acid groups (broad SMARTS) is 1. The van der Waals surface area contributed by atoms with E-state index in [0.29, 0.717) is 12.5 Å². The Balaban J connectivity index is 4.42. The quantitative estimate of drug-likeness (QED) is 0.665. The summed E-state index contributed by atoms with van der Waals surface area (Å²) >= 11 is 0. The summed E-state index contributed by atoms with van der Waals surface area (Å²) in [6, 6.07) is 0.308. The Hall–Kier alpha value is -0.570. The molecule has 1 unspecified atom stereocenters. The van der Waals surface area contributed by atoms with Crippen molar-refractivity contribution in [3.63, 3.8) is 0 Å². The zero-order valence-corrected chi connectivity index (χ0v) is 9.76. The third-order valence-electron chi connectivity index (χ3n) is 2.73. The van der Waals surface area contributed by atoms with Crippen LogP contribution in [0.15, 0.2) is 0 Å². The molecule has 0 rings (SSSR count). The van der Waals surface area contributed by atoms with Crippen molar-refractivity contribution in [2.75, 3.05) is 0 Å². The highest BCUT2D eigenvalue weighted by molar-refractivity contribution is 5.78. The molecule has 0 amide bonds. The van der Waals surface area contributed by atoms with Crippen LogP contribution in [-0.4, -0.2) is 22.7 Å². The van der Waals surface area contributed by atoms with Gasteiger partial charge in [-0.3, -0.25) is 10.1 Å². The van der Waals surface area contributed by atoms with E-state index in [1.165, 1.54) is 0 Å². The van der Waals surface area contributed by atoms with Gasteiger partial charge in [-0.25, -0.2) is 0 Å². The van der Waals surface area contributed by atoms with Crippen LogP contribution in [0.5, 0.6) is 0 Å². The van der Waals surface area contributed by atoms with Crippen LogP contribution in [0, 0.1) is 0 Å². The molecule has 0 radical (unpaired) electrons. The lowest BCUT2D eigenvalue weighted by Crippen LogP contribution is -2.53. The summed E-state index contributed by atoms with van der Waals surface area (Å²) in [6.45, 7) is 7.94. The number of nitrogens with one attached hydrogen (secondary N) is 1. The Morgan fingerprint density at radius 3 is 2.14 bits per heavy atom. The molecule has 84 valence electrons. The SMILES string of the molecule is CCCC(C)(NC(CC)CC)C(=O)O. The van der Waals surface area contributed by atoms with E-state index >= 15 is 0 Å². The van der Waals surface area contributed by atoms with Crippen LogP contribution in [0.4, 0.5) is 0 Å². The van der Waals surface area contributed by atoms with Gasteiger partial charge in [0.05, 0.1) is 0 Å². The fourth-order valence-electron chi connectivity index (χ4n) is 1.68. The van der Waals surface area contributed by atoms with Crippen molar-refractivity contribution < 1.29 is 9.90 Å². The zero-order chi connectivity index (χ0) is 11.2. The van der Waals surface area contributed by atoms with Gasteiger partial charge < -0.3 is 5.11 Å². The molecule has 0 fully saturated rings. The van der Waals surface area contributed by atoms with E-state index in [1.54, 1.807) is 6.92 Å². The first-order valence-electron chi connectivity index (χ1n) is 5.51. The van der Waals surface area contributed by atoms with E-state index in [2.05, 4.69) is 19.2 Å². The second-order valence-electron chi connectivity index (χ2n) is 4.05. The van der Waals surface area contributed by atoms with Crippen molar-refractivity contribution in [1.82, 2.24) is 5.32 Å². The second-order valence-corrected chi connectivity index (χ2v) is 4.05. The molecule has 0 aliphatic heterocycles. The lowest BCUT2D eigenvalue weighted by atomic mass is 9.94. The van der Waals surface area contributed by atoms with Gasteiger partial charge in [0.2, 0.25) is 0 Å². The molecule has 0 aromatic carbocycles. The minimum absolute atomic E-state index is 0.308. The molecule has 0 aliphatic rings. The minimum atomic E-state index is -0.758. The Kier molecular flexibility index (Phi) is 5.77. The molecule has 0 bridgehead atoms. The molecule has 2 N–H and O–H groups in total. The largest absolute Gasteiger partial charge is 0.480 e. The van der Waals surface area contributed by atoms with E-state index in [-0.39, 0.29) is 0 Å². The molecule has 0 saturated carbocycles. The summed E-state index contributed by atoms with van der Waals surface area (Å²) in [7, 11) is 0. The van der Waals surface area contributed by atoms with E-state index < -0.39 is 11.5 Å². The zero-order valence-electron chi connectivity index (χ0n) is 9.76. The van der Waals surface area contributed by atoms with Crippen molar-refractivity contribution in [1.29, 1.82) is 0 Å². The topological polar surface area (TPSA) is 49.3 Å². The Labute approximate surface area is 86.9 Å². The van der Waals surface area contributed by atoms with Crippen molar-refractivity contribution in [3.05, 3.63) is 0 Å². The molecule has 0 spiro atoms. The number of carbonyl (C=O) groups is 1. The number of hydrogen-bond acceptors (Lipinski definition) is 2. The van der Waals surface area contributed by atoms with Gasteiger partial charge in [-0.05, 0) is 26.2 Å². The first-order valence-corrected chi connectivity index (χ1v) is 5.51. The van der Waals surface area contributed by atoms with Crippen molar-refractivity contribution in [2.45, 2.75) is 65.0 Å². The number of aliphatic carboxylic acids is 1. The first kappa shape index (κ1) is 13.4. The molecule has 0 aromatic heterocycles. The molecule has 0 saturated heterocycles. The fourth-order valence-corrected chi connectivity index (χ4v) is 1.68. The van der Waals surface area contributed by atoms with Gasteiger partial charge in [0.1, 0.15) is 5.54 Å². The van der Waals surface area contributed by atoms with Crippen LogP contribution >= 0.6 is 0 Å². The van der Waals surface area contributed by atoms with Crippen molar-refractivity contribution >= 4 is 5.97 Å². The maximum absolute atomic E-state index is 11.1. The maximum Gasteiger partial charge on any atom is 0.323 e. The predicted molar refractivity (Wildman–Crippen MR) is 58.5 cm³/mol. The monoisotopic (exact) mass is 201 g/mol. The standard InChI is InChI=1S/C11H23NO2/c1-5-8-11(4,10(13)14)12-9(6-2)7-3/h9,12H,5-8H2,1-4H3,(H,13,14). The van der Waals surface area contributed by atoms with Crippen molar-refractivity contribution in [2.24, 2.45) is 0 Å². The summed E-state index contributed by atoms with van der Waals surface area (Å²) in [5.41, 5.74) is -0.758. The van der Waals surface area contributed by atoms with Gasteiger partial charge in [0, 0.05) is 6.04 Å². The van der Waals surface area contributed by atoms with Crippen LogP contribution in [0.2, 0.25) is 0 Å². The first-order chi connectivity index (χ1) is 6.50. The van der Waals surface area contributed by atoms with E-state index in [1.807, 2.05) is 6.92 Å². The number of rotatable bonds is 7. The molecule has 14 heavy (non-hydrogen) atoms. The maximum atomic E-state index is 11.1. The number of carboxylic acids is 1. The molecule has 1 atom stereocenters. The summed E-state index contributed by atoms with van der Waals surface area (Å²) in [4.78, 5) is 11.1. The van der Waals surface area contributed by atoms with Crippen LogP contribution in [0.25, 0.3) is 0 Å². The minimum Gasteiger partial charge on any atom is -0.480 e. The lowest BCUT2D eigenvalue weighted by molar-refractivity contribution is -0.144. The molecular weight excluding hydrogens is 178 g/mol. The normalized spacial score (nSPS) is 15.5. The van der Waals surface area contributed by atoms with Crippen LogP contribution < -0.4 is 5.32 Å². The van der Waals surface area contributed by atoms with E-state index in [4.69, 9.17) is 5.11 Å². The predicted octanol–water partition coefficient (Wildman–Crippen LogP) is 2.41. The summed E-state index contributed by atoms with van der Waals surface area (Å²) in [6.07, 6.45) is 3.51. The van der Waals surface area contributed by atoms with Gasteiger partial charge in [0.25, 0.3) is 0 Å². The van der Waals surface area contributed by atoms with Gasteiger partial charge >= 0.3 is 5.97 Å². The second kappa shape index (κ2) is 6.02. The van der Waals surface area contributed by atoms with E-state index in [0.717, 1.165) is 19.3 Å². The Morgan fingerprint density at radius 2 is 1.86 bits per heavy atom. The Bertz CT molecular complexity index is 178. The van der Waals surface area contributed by atoms with Crippen LogP contribution in [0.3, 0.4) is 0 Å². The van der Waals surface area contributed by atoms with Crippen molar-refractivity contribution in [3.8, 4) is 0 Å². The van der Waals surface area contributed by atoms with Gasteiger partial charge in [0.15, 0.2) is 0 Å². The van der Waals surface area contributed by atoms with Gasteiger partial charge in [-0.2, -0.15) is 0 Å². The highest BCUT2D eigenvalue weighted by atomic mass is 16.4. The molecule has 0 heterocycles. The van der Waals surface area contributed by atoms with Crippen LogP contribution in [0.1, 0.15) is 53.4 Å². The average Bonchev–Trinajstić information content (AvgIpc) is 2.14. The molecule has 3 heteroatoms. The summed E-state index contributed by atoms with van der Waals surface area (Å²) in [5.74, 6) is -0.744. The van der Waals surface area contributed by atoms with Gasteiger partial charge in [-0.15, -0.1) is 0 Å².